The van der Waals surface area contributed by atoms with E-state index in [1.165, 1.54) is 0 Å². The Labute approximate surface area is 86.9 Å². The number of aliphatic carboxylic acids is 1. The number of rotatable bonds is 4. The van der Waals surface area contributed by atoms with Gasteiger partial charge in [-0.2, -0.15) is 0 Å². The Bertz CT molecular complexity index is 351. The maximum atomic E-state index is 11.5. The van der Waals surface area contributed by atoms with Crippen LogP contribution < -0.4 is 11.1 Å². The summed E-state index contributed by atoms with van der Waals surface area (Å²) in [6, 6.07) is 7.34. The number of amides is 1. The molecule has 0 aliphatic rings. The van der Waals surface area contributed by atoms with Crippen molar-refractivity contribution in [3.05, 3.63) is 35.9 Å². The second kappa shape index (κ2) is 5.11. The van der Waals surface area contributed by atoms with Crippen LogP contribution in [0.5, 0.6) is 0 Å². The summed E-state index contributed by atoms with van der Waals surface area (Å²) < 4.78 is 0. The average molecular weight is 208 g/mol. The van der Waals surface area contributed by atoms with E-state index in [0.29, 0.717) is 5.56 Å². The number of carboxylic acids is 1. The zero-order valence-corrected chi connectivity index (χ0v) is 8.01. The van der Waals surface area contributed by atoms with Gasteiger partial charge in [-0.15, -0.1) is 0 Å². The summed E-state index contributed by atoms with van der Waals surface area (Å²) in [5.74, 6) is -1.57. The predicted molar refractivity (Wildman–Crippen MR) is 54.4 cm³/mol. The number of benzene rings is 1. The summed E-state index contributed by atoms with van der Waals surface area (Å²) in [7, 11) is 0. The molecule has 1 aromatic carbocycles. The Kier molecular flexibility index (Phi) is 3.82. The summed E-state index contributed by atoms with van der Waals surface area (Å²) >= 11 is 0. The molecule has 1 aromatic rings. The average Bonchev–Trinajstić information content (AvgIpc) is 2.26. The number of carbonyl (C=O) groups is 2. The molecule has 0 aliphatic carbocycles. The fraction of sp³-hybridized carbons (Fsp3) is 0.200. The highest BCUT2D eigenvalue weighted by Crippen LogP contribution is 1.98. The molecule has 0 saturated heterocycles. The lowest BCUT2D eigenvalue weighted by Gasteiger charge is -2.11. The lowest BCUT2D eigenvalue weighted by molar-refractivity contribution is -0.138. The van der Waals surface area contributed by atoms with E-state index in [-0.39, 0.29) is 6.54 Å². The van der Waals surface area contributed by atoms with Gasteiger partial charge >= 0.3 is 5.97 Å². The molecule has 5 nitrogen and oxygen atoms in total. The number of nitrogens with two attached hydrogens (primary N) is 1. The third-order valence-corrected chi connectivity index (χ3v) is 1.88. The lowest BCUT2D eigenvalue weighted by Crippen LogP contribution is -2.45. The van der Waals surface area contributed by atoms with E-state index < -0.39 is 17.9 Å². The maximum absolute atomic E-state index is 11.5. The van der Waals surface area contributed by atoms with Crippen molar-refractivity contribution in [3.8, 4) is 0 Å². The van der Waals surface area contributed by atoms with E-state index in [1.807, 2.05) is 0 Å². The first-order valence-corrected chi connectivity index (χ1v) is 4.44. The minimum Gasteiger partial charge on any atom is -0.480 e. The minimum absolute atomic E-state index is 0.131. The summed E-state index contributed by atoms with van der Waals surface area (Å²) in [5.41, 5.74) is 5.62. The molecule has 5 heteroatoms. The molecule has 0 fully saturated rings. The van der Waals surface area contributed by atoms with Gasteiger partial charge in [-0.3, -0.25) is 4.79 Å². The van der Waals surface area contributed by atoms with Crippen LogP contribution in [-0.4, -0.2) is 29.6 Å². The third-order valence-electron chi connectivity index (χ3n) is 1.88. The van der Waals surface area contributed by atoms with Gasteiger partial charge < -0.3 is 16.2 Å². The molecule has 0 radical (unpaired) electrons. The van der Waals surface area contributed by atoms with E-state index in [1.54, 1.807) is 30.3 Å². The monoisotopic (exact) mass is 208 g/mol. The molecule has 0 bridgehead atoms. The van der Waals surface area contributed by atoms with Crippen molar-refractivity contribution in [2.24, 2.45) is 5.73 Å². The number of hydrogen-bond acceptors (Lipinski definition) is 3. The smallest absolute Gasteiger partial charge is 0.327 e. The quantitative estimate of drug-likeness (QED) is 0.640. The van der Waals surface area contributed by atoms with E-state index in [0.717, 1.165) is 0 Å². The first kappa shape index (κ1) is 11.2. The van der Waals surface area contributed by atoms with Crippen LogP contribution in [0.15, 0.2) is 30.3 Å². The van der Waals surface area contributed by atoms with Crippen molar-refractivity contribution < 1.29 is 14.7 Å². The molecule has 80 valence electrons. The van der Waals surface area contributed by atoms with Gasteiger partial charge in [-0.25, -0.2) is 4.79 Å². The molecular formula is C10H12N2O3. The van der Waals surface area contributed by atoms with Crippen molar-refractivity contribution in [1.29, 1.82) is 0 Å². The Morgan fingerprint density at radius 2 is 1.93 bits per heavy atom. The first-order valence-electron chi connectivity index (χ1n) is 4.44. The maximum Gasteiger partial charge on any atom is 0.327 e. The van der Waals surface area contributed by atoms with Crippen molar-refractivity contribution >= 4 is 11.9 Å². The van der Waals surface area contributed by atoms with Crippen LogP contribution in [0, 0.1) is 0 Å². The highest BCUT2D eigenvalue weighted by Gasteiger charge is 2.18. The number of nitrogens with one attached hydrogen (secondary N) is 1. The highest BCUT2D eigenvalue weighted by molar-refractivity contribution is 5.96. The molecule has 0 saturated carbocycles. The van der Waals surface area contributed by atoms with Gasteiger partial charge in [0, 0.05) is 12.1 Å². The van der Waals surface area contributed by atoms with Gasteiger partial charge in [0.1, 0.15) is 6.04 Å². The van der Waals surface area contributed by atoms with E-state index in [9.17, 15) is 9.59 Å². The van der Waals surface area contributed by atoms with Crippen LogP contribution in [0.3, 0.4) is 0 Å². The van der Waals surface area contributed by atoms with Crippen LogP contribution in [-0.2, 0) is 4.79 Å². The second-order valence-corrected chi connectivity index (χ2v) is 2.97. The highest BCUT2D eigenvalue weighted by atomic mass is 16.4. The van der Waals surface area contributed by atoms with Crippen molar-refractivity contribution in [3.63, 3.8) is 0 Å². The van der Waals surface area contributed by atoms with Crippen LogP contribution in [0.1, 0.15) is 10.4 Å². The fourth-order valence-corrected chi connectivity index (χ4v) is 1.05. The Morgan fingerprint density at radius 1 is 1.33 bits per heavy atom. The zero-order chi connectivity index (χ0) is 11.3. The van der Waals surface area contributed by atoms with E-state index in [2.05, 4.69) is 5.32 Å². The molecule has 0 heterocycles. The lowest BCUT2D eigenvalue weighted by atomic mass is 10.2. The summed E-state index contributed by atoms with van der Waals surface area (Å²) in [6.07, 6.45) is 0. The SMILES string of the molecule is NC[C@@H](NC(=O)c1ccccc1)C(=O)O. The van der Waals surface area contributed by atoms with Crippen molar-refractivity contribution in [1.82, 2.24) is 5.32 Å². The van der Waals surface area contributed by atoms with Crippen molar-refractivity contribution in [2.45, 2.75) is 6.04 Å². The zero-order valence-electron chi connectivity index (χ0n) is 8.01. The summed E-state index contributed by atoms with van der Waals surface area (Å²) in [5, 5.41) is 11.0. The molecule has 0 aromatic heterocycles. The second-order valence-electron chi connectivity index (χ2n) is 2.97. The van der Waals surface area contributed by atoms with Crippen LogP contribution >= 0.6 is 0 Å². The number of carboxylic acid groups (broad SMARTS) is 1. The van der Waals surface area contributed by atoms with Gasteiger partial charge in [-0.1, -0.05) is 18.2 Å². The molecular weight excluding hydrogens is 196 g/mol. The van der Waals surface area contributed by atoms with Gasteiger partial charge in [0.05, 0.1) is 0 Å². The van der Waals surface area contributed by atoms with E-state index >= 15 is 0 Å². The van der Waals surface area contributed by atoms with Crippen molar-refractivity contribution in [2.75, 3.05) is 6.54 Å². The molecule has 4 N–H and O–H groups in total. The largest absolute Gasteiger partial charge is 0.480 e. The minimum atomic E-state index is -1.14. The molecule has 1 atom stereocenters. The summed E-state index contributed by atoms with van der Waals surface area (Å²) in [6.45, 7) is -0.131. The first-order chi connectivity index (χ1) is 7.15. The normalized spacial score (nSPS) is 11.8. The Morgan fingerprint density at radius 3 is 2.40 bits per heavy atom. The van der Waals surface area contributed by atoms with E-state index in [4.69, 9.17) is 10.8 Å². The third kappa shape index (κ3) is 3.07. The standard InChI is InChI=1S/C10H12N2O3/c11-6-8(10(14)15)12-9(13)7-4-2-1-3-5-7/h1-5,8H,6,11H2,(H,12,13)(H,14,15)/t8-/m1/s1. The molecule has 0 spiro atoms. The summed E-state index contributed by atoms with van der Waals surface area (Å²) in [4.78, 5) is 22.1. The molecule has 0 unspecified atom stereocenters. The molecule has 0 aliphatic heterocycles. The predicted octanol–water partition coefficient (Wildman–Crippen LogP) is -0.172. The van der Waals surface area contributed by atoms with Crippen LogP contribution in [0.4, 0.5) is 0 Å². The van der Waals surface area contributed by atoms with Gasteiger partial charge in [0.15, 0.2) is 0 Å². The topological polar surface area (TPSA) is 92.4 Å². The van der Waals surface area contributed by atoms with Gasteiger partial charge in [-0.05, 0) is 12.1 Å². The fourth-order valence-electron chi connectivity index (χ4n) is 1.05. The number of carbonyl (C=O) groups excluding carboxylic acids is 1. The molecule has 15 heavy (non-hydrogen) atoms. The Hall–Kier alpha value is -1.88. The number of hydrogen-bond donors (Lipinski definition) is 3. The van der Waals surface area contributed by atoms with Crippen LogP contribution in [0.2, 0.25) is 0 Å². The van der Waals surface area contributed by atoms with Gasteiger partial charge in [0.2, 0.25) is 0 Å². The van der Waals surface area contributed by atoms with Gasteiger partial charge in [0.25, 0.3) is 5.91 Å². The molecule has 1 rings (SSSR count). The van der Waals surface area contributed by atoms with Crippen LogP contribution in [0.25, 0.3) is 0 Å². The Balaban J connectivity index is 2.67. The molecule has 1 amide bonds.